The van der Waals surface area contributed by atoms with Gasteiger partial charge in [-0.15, -0.1) is 0 Å². The van der Waals surface area contributed by atoms with Crippen LogP contribution in [0.3, 0.4) is 0 Å². The molecular weight excluding hydrogens is 458 g/mol. The zero-order chi connectivity index (χ0) is 21.1. The summed E-state index contributed by atoms with van der Waals surface area (Å²) in [4.78, 5) is 14.4. The van der Waals surface area contributed by atoms with E-state index in [2.05, 4.69) is 21.0 Å². The minimum absolute atomic E-state index is 0.180. The van der Waals surface area contributed by atoms with Crippen LogP contribution in [0, 0.1) is 13.8 Å². The Morgan fingerprint density at radius 1 is 1.31 bits per heavy atom. The number of carbonyl (C=O) groups is 1. The van der Waals surface area contributed by atoms with Gasteiger partial charge in [-0.3, -0.25) is 9.48 Å². The van der Waals surface area contributed by atoms with Crippen molar-refractivity contribution in [2.45, 2.75) is 40.5 Å². The molecule has 0 saturated heterocycles. The smallest absolute Gasteiger partial charge is 0.289 e. The van der Waals surface area contributed by atoms with E-state index in [0.717, 1.165) is 28.0 Å². The maximum Gasteiger partial charge on any atom is 0.289 e. The Bertz CT molecular complexity index is 1030. The third-order valence-corrected chi connectivity index (χ3v) is 5.50. The van der Waals surface area contributed by atoms with E-state index in [9.17, 15) is 4.79 Å². The Hall–Kier alpha value is -2.25. The molecule has 8 heteroatoms. The molecule has 0 unspecified atom stereocenters. The molecule has 2 aromatic heterocycles. The Morgan fingerprint density at radius 3 is 2.72 bits per heavy atom. The molecule has 29 heavy (non-hydrogen) atoms. The molecule has 0 aliphatic rings. The van der Waals surface area contributed by atoms with Crippen molar-refractivity contribution >= 4 is 33.4 Å². The first-order chi connectivity index (χ1) is 13.8. The van der Waals surface area contributed by atoms with Crippen LogP contribution in [0.15, 0.2) is 39.2 Å². The highest BCUT2D eigenvalue weighted by atomic mass is 79.9. The fourth-order valence-electron chi connectivity index (χ4n) is 3.08. The van der Waals surface area contributed by atoms with Gasteiger partial charge in [0.1, 0.15) is 18.1 Å². The van der Waals surface area contributed by atoms with Crippen LogP contribution in [-0.4, -0.2) is 27.6 Å². The Labute approximate surface area is 183 Å². The van der Waals surface area contributed by atoms with Gasteiger partial charge in [0.15, 0.2) is 5.76 Å². The van der Waals surface area contributed by atoms with Gasteiger partial charge in [-0.25, -0.2) is 0 Å². The van der Waals surface area contributed by atoms with Gasteiger partial charge in [-0.05, 0) is 51.1 Å². The number of rotatable bonds is 7. The lowest BCUT2D eigenvalue weighted by Crippen LogP contribution is -2.26. The van der Waals surface area contributed by atoms with Gasteiger partial charge in [0.05, 0.1) is 10.7 Å². The number of hydrogen-bond acceptors (Lipinski definition) is 4. The largest absolute Gasteiger partial charge is 0.484 e. The van der Waals surface area contributed by atoms with E-state index in [-0.39, 0.29) is 18.3 Å². The summed E-state index contributed by atoms with van der Waals surface area (Å²) in [5.41, 5.74) is 3.07. The lowest BCUT2D eigenvalue weighted by atomic mass is 10.2. The number of aromatic nitrogens is 2. The quantitative estimate of drug-likeness (QED) is 0.455. The van der Waals surface area contributed by atoms with Crippen LogP contribution in [0.1, 0.15) is 40.2 Å². The normalized spacial score (nSPS) is 11.0. The number of nitrogens with zero attached hydrogens (tertiary/aromatic N) is 3. The van der Waals surface area contributed by atoms with Crippen molar-refractivity contribution in [1.82, 2.24) is 14.7 Å². The van der Waals surface area contributed by atoms with E-state index in [0.29, 0.717) is 23.1 Å². The summed E-state index contributed by atoms with van der Waals surface area (Å²) in [5, 5.41) is 5.01. The standard InChI is InChI=1S/C21H23BrClN3O3/c1-5-26-14(3)17(13(2)24-26)11-25(4)21(27)20-9-7-16(29-20)12-28-19-8-6-15(22)10-18(19)23/h6-10H,5,11-12H2,1-4H3. The molecule has 3 rings (SSSR count). The summed E-state index contributed by atoms with van der Waals surface area (Å²) in [6, 6.07) is 8.77. The van der Waals surface area contributed by atoms with E-state index in [1.807, 2.05) is 31.5 Å². The van der Waals surface area contributed by atoms with Crippen LogP contribution < -0.4 is 4.74 Å². The number of benzene rings is 1. The van der Waals surface area contributed by atoms with E-state index in [1.165, 1.54) is 0 Å². The number of halogens is 2. The van der Waals surface area contributed by atoms with E-state index in [4.69, 9.17) is 20.8 Å². The van der Waals surface area contributed by atoms with Gasteiger partial charge in [0, 0.05) is 35.9 Å². The number of hydrogen-bond donors (Lipinski definition) is 0. The molecule has 0 aliphatic carbocycles. The Balaban J connectivity index is 1.65. The van der Waals surface area contributed by atoms with Crippen molar-refractivity contribution in [2.24, 2.45) is 0 Å². The zero-order valence-electron chi connectivity index (χ0n) is 16.8. The zero-order valence-corrected chi connectivity index (χ0v) is 19.2. The Kier molecular flexibility index (Phi) is 6.70. The van der Waals surface area contributed by atoms with Crippen LogP contribution in [0.4, 0.5) is 0 Å². The van der Waals surface area contributed by atoms with Gasteiger partial charge in [-0.2, -0.15) is 5.10 Å². The highest BCUT2D eigenvalue weighted by Gasteiger charge is 2.20. The lowest BCUT2D eigenvalue weighted by molar-refractivity contribution is 0.0749. The molecule has 6 nitrogen and oxygen atoms in total. The highest BCUT2D eigenvalue weighted by molar-refractivity contribution is 9.10. The second-order valence-corrected chi connectivity index (χ2v) is 8.08. The van der Waals surface area contributed by atoms with Crippen LogP contribution in [-0.2, 0) is 19.7 Å². The summed E-state index contributed by atoms with van der Waals surface area (Å²) >= 11 is 9.51. The van der Waals surface area contributed by atoms with Gasteiger partial charge < -0.3 is 14.1 Å². The predicted octanol–water partition coefficient (Wildman–Crippen LogP) is 5.38. The van der Waals surface area contributed by atoms with Crippen molar-refractivity contribution in [2.75, 3.05) is 7.05 Å². The minimum atomic E-state index is -0.194. The predicted molar refractivity (Wildman–Crippen MR) is 115 cm³/mol. The van der Waals surface area contributed by atoms with Gasteiger partial charge in [-0.1, -0.05) is 27.5 Å². The summed E-state index contributed by atoms with van der Waals surface area (Å²) in [7, 11) is 1.75. The molecular formula is C21H23BrClN3O3. The van der Waals surface area contributed by atoms with Crippen molar-refractivity contribution in [3.05, 3.63) is 68.3 Å². The molecule has 1 aromatic carbocycles. The minimum Gasteiger partial charge on any atom is -0.484 e. The molecule has 2 heterocycles. The molecule has 0 N–H and O–H groups in total. The molecule has 0 atom stereocenters. The molecule has 0 aliphatic heterocycles. The lowest BCUT2D eigenvalue weighted by Gasteiger charge is -2.16. The fraction of sp³-hybridized carbons (Fsp3) is 0.333. The molecule has 154 valence electrons. The van der Waals surface area contributed by atoms with E-state index < -0.39 is 0 Å². The van der Waals surface area contributed by atoms with Crippen LogP contribution in [0.25, 0.3) is 0 Å². The van der Waals surface area contributed by atoms with Crippen molar-refractivity contribution in [3.63, 3.8) is 0 Å². The molecule has 0 saturated carbocycles. The summed E-state index contributed by atoms with van der Waals surface area (Å²) in [5.74, 6) is 1.18. The molecule has 3 aromatic rings. The molecule has 1 amide bonds. The van der Waals surface area contributed by atoms with Crippen molar-refractivity contribution < 1.29 is 13.9 Å². The van der Waals surface area contributed by atoms with Gasteiger partial charge in [0.25, 0.3) is 5.91 Å². The number of ether oxygens (including phenoxy) is 1. The monoisotopic (exact) mass is 479 g/mol. The van der Waals surface area contributed by atoms with E-state index >= 15 is 0 Å². The van der Waals surface area contributed by atoms with Gasteiger partial charge >= 0.3 is 0 Å². The number of aryl methyl sites for hydroxylation is 2. The van der Waals surface area contributed by atoms with Crippen molar-refractivity contribution in [3.8, 4) is 5.75 Å². The second-order valence-electron chi connectivity index (χ2n) is 6.76. The fourth-order valence-corrected chi connectivity index (χ4v) is 3.81. The van der Waals surface area contributed by atoms with Crippen LogP contribution in [0.5, 0.6) is 5.75 Å². The van der Waals surface area contributed by atoms with Gasteiger partial charge in [0.2, 0.25) is 0 Å². The number of furan rings is 1. The Morgan fingerprint density at radius 2 is 2.07 bits per heavy atom. The third-order valence-electron chi connectivity index (χ3n) is 4.71. The first kappa shape index (κ1) is 21.5. The van der Waals surface area contributed by atoms with Crippen LogP contribution >= 0.6 is 27.5 Å². The summed E-state index contributed by atoms with van der Waals surface area (Å²) in [6.45, 7) is 7.48. The first-order valence-corrected chi connectivity index (χ1v) is 10.4. The first-order valence-electron chi connectivity index (χ1n) is 9.25. The third kappa shape index (κ3) is 4.85. The maximum absolute atomic E-state index is 12.8. The van der Waals surface area contributed by atoms with E-state index in [1.54, 1.807) is 36.2 Å². The number of amides is 1. The topological polar surface area (TPSA) is 60.5 Å². The molecule has 0 spiro atoms. The summed E-state index contributed by atoms with van der Waals surface area (Å²) in [6.07, 6.45) is 0. The second kappa shape index (κ2) is 9.05. The van der Waals surface area contributed by atoms with Crippen molar-refractivity contribution in [1.29, 1.82) is 0 Å². The number of carbonyl (C=O) groups excluding carboxylic acids is 1. The maximum atomic E-state index is 12.8. The average molecular weight is 481 g/mol. The molecule has 0 radical (unpaired) electrons. The van der Waals surface area contributed by atoms with Crippen LogP contribution in [0.2, 0.25) is 5.02 Å². The average Bonchev–Trinajstić information content (AvgIpc) is 3.26. The molecule has 0 bridgehead atoms. The highest BCUT2D eigenvalue weighted by Crippen LogP contribution is 2.28. The summed E-state index contributed by atoms with van der Waals surface area (Å²) < 4.78 is 14.2. The molecule has 0 fully saturated rings. The SMILES string of the molecule is CCn1nc(C)c(CN(C)C(=O)c2ccc(COc3ccc(Br)cc3Cl)o2)c1C.